The monoisotopic (exact) mass is 301 g/mol. The average molecular weight is 303 g/mol. The largest absolute Gasteiger partial charge is 0.312 e. The number of nitrogens with one attached hydrogen (secondary N) is 1. The van der Waals surface area contributed by atoms with Gasteiger partial charge >= 0.3 is 0 Å². The molecule has 0 saturated heterocycles. The number of benzene rings is 1. The SMILES string of the molecule is CC1(CNCc2cc(Br)ccc2Cl)CCC1. The van der Waals surface area contributed by atoms with Gasteiger partial charge in [0.1, 0.15) is 0 Å². The van der Waals surface area contributed by atoms with Crippen LogP contribution in [-0.4, -0.2) is 6.54 Å². The third kappa shape index (κ3) is 2.99. The second kappa shape index (κ2) is 5.07. The summed E-state index contributed by atoms with van der Waals surface area (Å²) in [7, 11) is 0. The molecule has 0 unspecified atom stereocenters. The normalized spacial score (nSPS) is 18.2. The molecule has 1 aliphatic carbocycles. The van der Waals surface area contributed by atoms with Crippen LogP contribution in [0.1, 0.15) is 31.7 Å². The summed E-state index contributed by atoms with van der Waals surface area (Å²) in [4.78, 5) is 0. The summed E-state index contributed by atoms with van der Waals surface area (Å²) in [6.45, 7) is 4.30. The highest BCUT2D eigenvalue weighted by molar-refractivity contribution is 9.10. The molecule has 1 nitrogen and oxygen atoms in total. The van der Waals surface area contributed by atoms with Gasteiger partial charge in [0.05, 0.1) is 0 Å². The second-order valence-corrected chi connectivity index (χ2v) is 6.33. The molecule has 2 rings (SSSR count). The molecule has 0 atom stereocenters. The minimum atomic E-state index is 0.526. The van der Waals surface area contributed by atoms with Crippen LogP contribution in [0.15, 0.2) is 22.7 Å². The van der Waals surface area contributed by atoms with Crippen LogP contribution in [0.25, 0.3) is 0 Å². The van der Waals surface area contributed by atoms with Crippen molar-refractivity contribution >= 4 is 27.5 Å². The molecule has 3 heteroatoms. The van der Waals surface area contributed by atoms with Crippen molar-refractivity contribution in [2.45, 2.75) is 32.7 Å². The molecule has 0 bridgehead atoms. The molecule has 1 aromatic carbocycles. The highest BCUT2D eigenvalue weighted by Gasteiger charge is 2.30. The summed E-state index contributed by atoms with van der Waals surface area (Å²) in [5.41, 5.74) is 1.69. The van der Waals surface area contributed by atoms with Gasteiger partial charge in [0, 0.05) is 22.6 Å². The molecule has 1 N–H and O–H groups in total. The third-order valence-corrected chi connectivity index (χ3v) is 4.30. The molecule has 0 aromatic heterocycles. The first kappa shape index (κ1) is 12.4. The highest BCUT2D eigenvalue weighted by atomic mass is 79.9. The highest BCUT2D eigenvalue weighted by Crippen LogP contribution is 2.39. The number of rotatable bonds is 4. The van der Waals surface area contributed by atoms with Gasteiger partial charge in [-0.25, -0.2) is 0 Å². The fraction of sp³-hybridized carbons (Fsp3) is 0.538. The van der Waals surface area contributed by atoms with Crippen LogP contribution < -0.4 is 5.32 Å². The van der Waals surface area contributed by atoms with Crippen molar-refractivity contribution in [3.63, 3.8) is 0 Å². The molecule has 1 saturated carbocycles. The smallest absolute Gasteiger partial charge is 0.0451 e. The Morgan fingerprint density at radius 1 is 1.44 bits per heavy atom. The van der Waals surface area contributed by atoms with Crippen LogP contribution in [-0.2, 0) is 6.54 Å². The lowest BCUT2D eigenvalue weighted by atomic mass is 9.70. The average Bonchev–Trinajstić information content (AvgIpc) is 2.21. The van der Waals surface area contributed by atoms with Gasteiger partial charge in [0.2, 0.25) is 0 Å². The third-order valence-electron chi connectivity index (χ3n) is 3.44. The predicted octanol–water partition coefficient (Wildman–Crippen LogP) is 4.38. The van der Waals surface area contributed by atoms with Crippen LogP contribution in [0, 0.1) is 5.41 Å². The van der Waals surface area contributed by atoms with Gasteiger partial charge in [0.25, 0.3) is 0 Å². The maximum atomic E-state index is 6.13. The molecular formula is C13H17BrClN. The fourth-order valence-electron chi connectivity index (χ4n) is 2.13. The minimum Gasteiger partial charge on any atom is -0.312 e. The Morgan fingerprint density at radius 2 is 2.19 bits per heavy atom. The summed E-state index contributed by atoms with van der Waals surface area (Å²) in [5, 5.41) is 4.35. The van der Waals surface area contributed by atoms with E-state index in [0.717, 1.165) is 22.6 Å². The number of hydrogen-bond acceptors (Lipinski definition) is 1. The van der Waals surface area contributed by atoms with Gasteiger partial charge in [-0.2, -0.15) is 0 Å². The fourth-order valence-corrected chi connectivity index (χ4v) is 2.73. The van der Waals surface area contributed by atoms with Crippen molar-refractivity contribution in [3.05, 3.63) is 33.3 Å². The lowest BCUT2D eigenvalue weighted by Gasteiger charge is -2.38. The quantitative estimate of drug-likeness (QED) is 0.870. The van der Waals surface area contributed by atoms with E-state index in [-0.39, 0.29) is 0 Å². The summed E-state index contributed by atoms with van der Waals surface area (Å²) >= 11 is 9.60. The first-order valence-electron chi connectivity index (χ1n) is 5.74. The summed E-state index contributed by atoms with van der Waals surface area (Å²) in [5.74, 6) is 0. The summed E-state index contributed by atoms with van der Waals surface area (Å²) in [6.07, 6.45) is 4.09. The minimum absolute atomic E-state index is 0.526. The molecule has 0 heterocycles. The first-order chi connectivity index (χ1) is 7.59. The molecule has 1 aliphatic rings. The van der Waals surface area contributed by atoms with Crippen molar-refractivity contribution in [2.24, 2.45) is 5.41 Å². The second-order valence-electron chi connectivity index (χ2n) is 5.00. The lowest BCUT2D eigenvalue weighted by molar-refractivity contribution is 0.156. The van der Waals surface area contributed by atoms with Crippen LogP contribution in [0.4, 0.5) is 0 Å². The maximum Gasteiger partial charge on any atom is 0.0451 e. The Labute approximate surface area is 111 Å². The van der Waals surface area contributed by atoms with Crippen molar-refractivity contribution in [3.8, 4) is 0 Å². The molecular weight excluding hydrogens is 286 g/mol. The van der Waals surface area contributed by atoms with Gasteiger partial charge in [-0.3, -0.25) is 0 Å². The summed E-state index contributed by atoms with van der Waals surface area (Å²) in [6, 6.07) is 5.99. The molecule has 16 heavy (non-hydrogen) atoms. The van der Waals surface area contributed by atoms with Gasteiger partial charge in [-0.15, -0.1) is 0 Å². The standard InChI is InChI=1S/C13H17BrClN/c1-13(5-2-6-13)9-16-8-10-7-11(14)3-4-12(10)15/h3-4,7,16H,2,5-6,8-9H2,1H3. The van der Waals surface area contributed by atoms with Gasteiger partial charge in [0.15, 0.2) is 0 Å². The maximum absolute atomic E-state index is 6.13. The number of hydrogen-bond donors (Lipinski definition) is 1. The van der Waals surface area contributed by atoms with E-state index in [4.69, 9.17) is 11.6 Å². The Hall–Kier alpha value is -0.0500. The zero-order valence-corrected chi connectivity index (χ0v) is 11.9. The molecule has 0 amide bonds. The van der Waals surface area contributed by atoms with E-state index >= 15 is 0 Å². The van der Waals surface area contributed by atoms with E-state index in [1.807, 2.05) is 12.1 Å². The number of halogens is 2. The Morgan fingerprint density at radius 3 is 2.81 bits per heavy atom. The Kier molecular flexibility index (Phi) is 3.93. The van der Waals surface area contributed by atoms with Gasteiger partial charge in [-0.05, 0) is 42.0 Å². The van der Waals surface area contributed by atoms with E-state index < -0.39 is 0 Å². The van der Waals surface area contributed by atoms with Gasteiger partial charge < -0.3 is 5.32 Å². The van der Waals surface area contributed by atoms with Crippen molar-refractivity contribution in [1.82, 2.24) is 5.32 Å². The van der Waals surface area contributed by atoms with Crippen LogP contribution >= 0.6 is 27.5 Å². The lowest BCUT2D eigenvalue weighted by Crippen LogP contribution is -2.37. The molecule has 0 radical (unpaired) electrons. The van der Waals surface area contributed by atoms with E-state index in [9.17, 15) is 0 Å². The van der Waals surface area contributed by atoms with E-state index in [1.165, 1.54) is 24.8 Å². The molecule has 88 valence electrons. The summed E-state index contributed by atoms with van der Waals surface area (Å²) < 4.78 is 1.09. The Bertz CT molecular complexity index is 374. The molecule has 0 aliphatic heterocycles. The van der Waals surface area contributed by atoms with Crippen molar-refractivity contribution in [1.29, 1.82) is 0 Å². The van der Waals surface area contributed by atoms with Crippen LogP contribution in [0.2, 0.25) is 5.02 Å². The van der Waals surface area contributed by atoms with Crippen LogP contribution in [0.3, 0.4) is 0 Å². The van der Waals surface area contributed by atoms with Crippen molar-refractivity contribution in [2.75, 3.05) is 6.54 Å². The molecule has 0 spiro atoms. The van der Waals surface area contributed by atoms with Gasteiger partial charge in [-0.1, -0.05) is 40.9 Å². The zero-order valence-electron chi connectivity index (χ0n) is 9.52. The molecule has 1 aromatic rings. The van der Waals surface area contributed by atoms with E-state index in [2.05, 4.69) is 34.2 Å². The predicted molar refractivity (Wildman–Crippen MR) is 72.8 cm³/mol. The topological polar surface area (TPSA) is 12.0 Å². The van der Waals surface area contributed by atoms with Crippen molar-refractivity contribution < 1.29 is 0 Å². The zero-order chi connectivity index (χ0) is 11.6. The van der Waals surface area contributed by atoms with Crippen LogP contribution in [0.5, 0.6) is 0 Å². The first-order valence-corrected chi connectivity index (χ1v) is 6.91. The van der Waals surface area contributed by atoms with E-state index in [1.54, 1.807) is 0 Å². The van der Waals surface area contributed by atoms with E-state index in [0.29, 0.717) is 5.41 Å². The molecule has 1 fully saturated rings. The Balaban J connectivity index is 1.87.